The predicted molar refractivity (Wildman–Crippen MR) is 78.9 cm³/mol. The molecule has 1 aliphatic carbocycles. The number of hydrogen-bond acceptors (Lipinski definition) is 2. The van der Waals surface area contributed by atoms with E-state index in [0.717, 1.165) is 38.0 Å². The predicted octanol–water partition coefficient (Wildman–Crippen LogP) is 3.78. The molecule has 106 valence electrons. The molecule has 0 unspecified atom stereocenters. The van der Waals surface area contributed by atoms with Crippen LogP contribution >= 0.6 is 0 Å². The highest BCUT2D eigenvalue weighted by molar-refractivity contribution is 5.04. The molecule has 0 saturated heterocycles. The molecule has 0 radical (unpaired) electrons. The van der Waals surface area contributed by atoms with Crippen molar-refractivity contribution in [2.75, 3.05) is 26.8 Å². The molecule has 1 fully saturated rings. The Labute approximate surface area is 113 Å². The Balaban J connectivity index is 2.13. The smallest absolute Gasteiger partial charge is 0.0587 e. The number of nitrogens with one attached hydrogen (secondary N) is 1. The van der Waals surface area contributed by atoms with Crippen molar-refractivity contribution < 1.29 is 4.74 Å². The molecule has 0 amide bonds. The molecular formula is C16H31NO. The van der Waals surface area contributed by atoms with Crippen LogP contribution in [0.25, 0.3) is 0 Å². The van der Waals surface area contributed by atoms with Gasteiger partial charge in [-0.05, 0) is 57.4 Å². The van der Waals surface area contributed by atoms with Gasteiger partial charge in [-0.3, -0.25) is 0 Å². The number of rotatable bonds is 8. The molecule has 0 aromatic rings. The average molecular weight is 253 g/mol. The first-order valence-corrected chi connectivity index (χ1v) is 7.64. The zero-order valence-electron chi connectivity index (χ0n) is 12.5. The Hall–Kier alpha value is -0.340. The molecule has 0 aromatic carbocycles. The SMILES string of the molecule is CCC1CCC(C(C)=CCCNCCOC)CC1. The normalized spacial score (nSPS) is 25.4. The summed E-state index contributed by atoms with van der Waals surface area (Å²) in [4.78, 5) is 0. The molecule has 1 rings (SSSR count). The first-order chi connectivity index (χ1) is 8.77. The van der Waals surface area contributed by atoms with Gasteiger partial charge >= 0.3 is 0 Å². The van der Waals surface area contributed by atoms with E-state index in [1.54, 1.807) is 12.7 Å². The third-order valence-corrected chi connectivity index (χ3v) is 4.34. The van der Waals surface area contributed by atoms with Crippen molar-refractivity contribution in [1.29, 1.82) is 0 Å². The van der Waals surface area contributed by atoms with E-state index in [9.17, 15) is 0 Å². The van der Waals surface area contributed by atoms with Crippen LogP contribution in [0.5, 0.6) is 0 Å². The summed E-state index contributed by atoms with van der Waals surface area (Å²) in [5, 5.41) is 3.39. The van der Waals surface area contributed by atoms with Gasteiger partial charge in [0.1, 0.15) is 0 Å². The fraction of sp³-hybridized carbons (Fsp3) is 0.875. The van der Waals surface area contributed by atoms with Crippen LogP contribution in [0.2, 0.25) is 0 Å². The monoisotopic (exact) mass is 253 g/mol. The van der Waals surface area contributed by atoms with E-state index >= 15 is 0 Å². The van der Waals surface area contributed by atoms with Gasteiger partial charge in [-0.1, -0.05) is 25.0 Å². The van der Waals surface area contributed by atoms with Crippen LogP contribution in [0.4, 0.5) is 0 Å². The highest BCUT2D eigenvalue weighted by atomic mass is 16.5. The summed E-state index contributed by atoms with van der Waals surface area (Å²) in [6.45, 7) is 7.51. The van der Waals surface area contributed by atoms with Crippen molar-refractivity contribution in [3.8, 4) is 0 Å². The summed E-state index contributed by atoms with van der Waals surface area (Å²) < 4.78 is 5.01. The molecule has 2 heteroatoms. The molecule has 18 heavy (non-hydrogen) atoms. The van der Waals surface area contributed by atoms with E-state index in [1.165, 1.54) is 32.1 Å². The van der Waals surface area contributed by atoms with Crippen molar-refractivity contribution in [3.05, 3.63) is 11.6 Å². The van der Waals surface area contributed by atoms with E-state index in [1.807, 2.05) is 0 Å². The van der Waals surface area contributed by atoms with Crippen LogP contribution in [0.15, 0.2) is 11.6 Å². The standard InChI is InChI=1S/C16H31NO/c1-4-15-7-9-16(10-8-15)14(2)6-5-11-17-12-13-18-3/h6,15-17H,4-5,7-13H2,1-3H3. The van der Waals surface area contributed by atoms with Crippen molar-refractivity contribution >= 4 is 0 Å². The lowest BCUT2D eigenvalue weighted by molar-refractivity contribution is 0.199. The topological polar surface area (TPSA) is 21.3 Å². The zero-order chi connectivity index (χ0) is 13.2. The minimum Gasteiger partial charge on any atom is -0.383 e. The van der Waals surface area contributed by atoms with E-state index in [2.05, 4.69) is 25.2 Å². The van der Waals surface area contributed by atoms with E-state index < -0.39 is 0 Å². The second-order valence-electron chi connectivity index (χ2n) is 5.61. The van der Waals surface area contributed by atoms with Crippen molar-refractivity contribution in [3.63, 3.8) is 0 Å². The Morgan fingerprint density at radius 3 is 2.56 bits per heavy atom. The van der Waals surface area contributed by atoms with Crippen LogP contribution in [0, 0.1) is 11.8 Å². The quantitative estimate of drug-likeness (QED) is 0.525. The minimum absolute atomic E-state index is 0.809. The van der Waals surface area contributed by atoms with Gasteiger partial charge in [0.15, 0.2) is 0 Å². The average Bonchev–Trinajstić information content (AvgIpc) is 2.42. The number of allylic oxidation sites excluding steroid dienone is 1. The third-order valence-electron chi connectivity index (χ3n) is 4.34. The van der Waals surface area contributed by atoms with Crippen LogP contribution < -0.4 is 5.32 Å². The first-order valence-electron chi connectivity index (χ1n) is 7.64. The van der Waals surface area contributed by atoms with Gasteiger partial charge in [-0.2, -0.15) is 0 Å². The molecule has 0 heterocycles. The van der Waals surface area contributed by atoms with Crippen LogP contribution in [0.1, 0.15) is 52.4 Å². The van der Waals surface area contributed by atoms with E-state index in [0.29, 0.717) is 0 Å². The lowest BCUT2D eigenvalue weighted by atomic mass is 9.78. The fourth-order valence-corrected chi connectivity index (χ4v) is 2.89. The molecular weight excluding hydrogens is 222 g/mol. The molecule has 0 atom stereocenters. The lowest BCUT2D eigenvalue weighted by Gasteiger charge is -2.28. The maximum Gasteiger partial charge on any atom is 0.0587 e. The maximum atomic E-state index is 5.01. The Morgan fingerprint density at radius 1 is 1.22 bits per heavy atom. The second kappa shape index (κ2) is 9.57. The number of ether oxygens (including phenoxy) is 1. The summed E-state index contributed by atoms with van der Waals surface area (Å²) in [5.74, 6) is 1.87. The summed E-state index contributed by atoms with van der Waals surface area (Å²) in [6, 6.07) is 0. The fourth-order valence-electron chi connectivity index (χ4n) is 2.89. The van der Waals surface area contributed by atoms with Gasteiger partial charge < -0.3 is 10.1 Å². The zero-order valence-corrected chi connectivity index (χ0v) is 12.5. The summed E-state index contributed by atoms with van der Waals surface area (Å²) in [6.07, 6.45) is 10.7. The van der Waals surface area contributed by atoms with Gasteiger partial charge in [-0.25, -0.2) is 0 Å². The van der Waals surface area contributed by atoms with Crippen molar-refractivity contribution in [2.24, 2.45) is 11.8 Å². The van der Waals surface area contributed by atoms with Gasteiger partial charge in [0.05, 0.1) is 6.61 Å². The molecule has 1 saturated carbocycles. The molecule has 1 aliphatic rings. The molecule has 0 aliphatic heterocycles. The van der Waals surface area contributed by atoms with Crippen molar-refractivity contribution in [2.45, 2.75) is 52.4 Å². The number of hydrogen-bond donors (Lipinski definition) is 1. The molecule has 2 nitrogen and oxygen atoms in total. The largest absolute Gasteiger partial charge is 0.383 e. The lowest BCUT2D eigenvalue weighted by Crippen LogP contribution is -2.20. The number of methoxy groups -OCH3 is 1. The molecule has 0 spiro atoms. The Bertz CT molecular complexity index is 229. The summed E-state index contributed by atoms with van der Waals surface area (Å²) in [5.41, 5.74) is 1.62. The van der Waals surface area contributed by atoms with Crippen LogP contribution in [-0.2, 0) is 4.74 Å². The minimum atomic E-state index is 0.809. The van der Waals surface area contributed by atoms with Crippen molar-refractivity contribution in [1.82, 2.24) is 5.32 Å². The van der Waals surface area contributed by atoms with E-state index in [-0.39, 0.29) is 0 Å². The maximum absolute atomic E-state index is 5.01. The van der Waals surface area contributed by atoms with Crippen LogP contribution in [-0.4, -0.2) is 26.8 Å². The highest BCUT2D eigenvalue weighted by Gasteiger charge is 2.20. The molecule has 1 N–H and O–H groups in total. The second-order valence-corrected chi connectivity index (χ2v) is 5.61. The van der Waals surface area contributed by atoms with Crippen LogP contribution in [0.3, 0.4) is 0 Å². The Kier molecular flexibility index (Phi) is 8.36. The van der Waals surface area contributed by atoms with Gasteiger partial charge in [0.25, 0.3) is 0 Å². The Morgan fingerprint density at radius 2 is 1.94 bits per heavy atom. The van der Waals surface area contributed by atoms with E-state index in [4.69, 9.17) is 4.74 Å². The molecule has 0 bridgehead atoms. The highest BCUT2D eigenvalue weighted by Crippen LogP contribution is 2.34. The molecule has 0 aromatic heterocycles. The third kappa shape index (κ3) is 6.01. The first kappa shape index (κ1) is 15.7. The summed E-state index contributed by atoms with van der Waals surface area (Å²) in [7, 11) is 1.75. The van der Waals surface area contributed by atoms with Gasteiger partial charge in [-0.15, -0.1) is 0 Å². The van der Waals surface area contributed by atoms with Gasteiger partial charge in [0.2, 0.25) is 0 Å². The summed E-state index contributed by atoms with van der Waals surface area (Å²) >= 11 is 0. The van der Waals surface area contributed by atoms with Gasteiger partial charge in [0, 0.05) is 13.7 Å².